The average Bonchev–Trinajstić information content (AvgIpc) is 2.38. The fourth-order valence-electron chi connectivity index (χ4n) is 1.21. The first-order valence-electron chi connectivity index (χ1n) is 4.57. The van der Waals surface area contributed by atoms with Gasteiger partial charge in [-0.2, -0.15) is 5.10 Å². The summed E-state index contributed by atoms with van der Waals surface area (Å²) < 4.78 is 2.66. The summed E-state index contributed by atoms with van der Waals surface area (Å²) in [6.07, 6.45) is 0. The molecule has 6 heteroatoms. The number of aryl methyl sites for hydroxylation is 2. The van der Waals surface area contributed by atoms with Gasteiger partial charge in [0.1, 0.15) is 6.04 Å². The molecule has 1 rings (SSSR count). The number of carboxylic acids is 1. The zero-order valence-electron chi connectivity index (χ0n) is 8.91. The van der Waals surface area contributed by atoms with Gasteiger partial charge in [0.05, 0.1) is 15.9 Å². The zero-order chi connectivity index (χ0) is 11.6. The first-order chi connectivity index (χ1) is 6.93. The fourth-order valence-corrected chi connectivity index (χ4v) is 1.69. The molecular weight excluding hydrogens is 262 g/mol. The van der Waals surface area contributed by atoms with Gasteiger partial charge in [-0.3, -0.25) is 14.8 Å². The highest BCUT2D eigenvalue weighted by Crippen LogP contribution is 2.19. The number of aliphatic carboxylic acids is 1. The summed E-state index contributed by atoms with van der Waals surface area (Å²) >= 11 is 3.42. The number of carboxylic acid groups (broad SMARTS) is 1. The lowest BCUT2D eigenvalue weighted by molar-refractivity contribution is -0.139. The second-order valence-corrected chi connectivity index (χ2v) is 4.20. The zero-order valence-corrected chi connectivity index (χ0v) is 10.5. The third kappa shape index (κ3) is 2.79. The maximum absolute atomic E-state index is 10.6. The van der Waals surface area contributed by atoms with E-state index < -0.39 is 12.0 Å². The van der Waals surface area contributed by atoms with E-state index in [-0.39, 0.29) is 0 Å². The number of nitrogens with zero attached hydrogens (tertiary/aromatic N) is 2. The Morgan fingerprint density at radius 1 is 1.73 bits per heavy atom. The molecule has 0 aromatic carbocycles. The van der Waals surface area contributed by atoms with E-state index in [1.165, 1.54) is 0 Å². The highest BCUT2D eigenvalue weighted by Gasteiger charge is 2.14. The molecule has 84 valence electrons. The van der Waals surface area contributed by atoms with Crippen molar-refractivity contribution in [2.75, 3.05) is 0 Å². The smallest absolute Gasteiger partial charge is 0.320 e. The molecule has 5 nitrogen and oxygen atoms in total. The van der Waals surface area contributed by atoms with Crippen LogP contribution in [-0.4, -0.2) is 26.9 Å². The predicted molar refractivity (Wildman–Crippen MR) is 59.6 cm³/mol. The summed E-state index contributed by atoms with van der Waals surface area (Å²) in [6.45, 7) is 3.99. The van der Waals surface area contributed by atoms with E-state index in [9.17, 15) is 4.79 Å². The molecule has 1 atom stereocenters. The monoisotopic (exact) mass is 275 g/mol. The number of aromatic nitrogens is 2. The third-order valence-electron chi connectivity index (χ3n) is 2.21. The van der Waals surface area contributed by atoms with Crippen molar-refractivity contribution in [2.45, 2.75) is 26.4 Å². The summed E-state index contributed by atoms with van der Waals surface area (Å²) in [5.41, 5.74) is 1.85. The van der Waals surface area contributed by atoms with Crippen LogP contribution in [0.2, 0.25) is 0 Å². The molecular formula is C9H14BrN3O2. The number of nitrogens with one attached hydrogen (secondary N) is 1. The van der Waals surface area contributed by atoms with E-state index in [4.69, 9.17) is 5.11 Å². The second kappa shape index (κ2) is 4.76. The fraction of sp³-hybridized carbons (Fsp3) is 0.556. The Kier molecular flexibility index (Phi) is 3.87. The number of hydrogen-bond donors (Lipinski definition) is 2. The standard InChI is InChI=1S/C9H14BrN3O2/c1-5-8(10)7(13(3)12-5)4-11-6(2)9(14)15/h6,11H,4H2,1-3H3,(H,14,15)/t6-/m1/s1. The first-order valence-corrected chi connectivity index (χ1v) is 5.37. The topological polar surface area (TPSA) is 67.2 Å². The molecule has 1 heterocycles. The van der Waals surface area contributed by atoms with E-state index in [1.807, 2.05) is 14.0 Å². The van der Waals surface area contributed by atoms with Crippen molar-refractivity contribution in [3.05, 3.63) is 15.9 Å². The predicted octanol–water partition coefficient (Wildman–Crippen LogP) is 1.05. The number of rotatable bonds is 4. The van der Waals surface area contributed by atoms with E-state index in [1.54, 1.807) is 11.6 Å². The van der Waals surface area contributed by atoms with Gasteiger partial charge in [-0.05, 0) is 29.8 Å². The quantitative estimate of drug-likeness (QED) is 0.862. The molecule has 2 N–H and O–H groups in total. The summed E-state index contributed by atoms with van der Waals surface area (Å²) in [7, 11) is 1.83. The lowest BCUT2D eigenvalue weighted by atomic mass is 10.3. The molecule has 0 aliphatic rings. The highest BCUT2D eigenvalue weighted by molar-refractivity contribution is 9.10. The highest BCUT2D eigenvalue weighted by atomic mass is 79.9. The van der Waals surface area contributed by atoms with Gasteiger partial charge in [-0.15, -0.1) is 0 Å². The van der Waals surface area contributed by atoms with Crippen LogP contribution in [0.5, 0.6) is 0 Å². The Bertz CT molecular complexity index is 376. The van der Waals surface area contributed by atoms with Crippen molar-refractivity contribution in [1.82, 2.24) is 15.1 Å². The summed E-state index contributed by atoms with van der Waals surface area (Å²) in [5.74, 6) is -0.856. The van der Waals surface area contributed by atoms with E-state index >= 15 is 0 Å². The van der Waals surface area contributed by atoms with Crippen LogP contribution in [-0.2, 0) is 18.4 Å². The summed E-state index contributed by atoms with van der Waals surface area (Å²) in [4.78, 5) is 10.6. The minimum Gasteiger partial charge on any atom is -0.480 e. The van der Waals surface area contributed by atoms with Crippen molar-refractivity contribution in [1.29, 1.82) is 0 Å². The maximum Gasteiger partial charge on any atom is 0.320 e. The van der Waals surface area contributed by atoms with E-state index in [0.717, 1.165) is 15.9 Å². The Hall–Kier alpha value is -0.880. The Morgan fingerprint density at radius 3 is 2.73 bits per heavy atom. The molecule has 0 unspecified atom stereocenters. The van der Waals surface area contributed by atoms with Crippen LogP contribution in [0.1, 0.15) is 18.3 Å². The molecule has 15 heavy (non-hydrogen) atoms. The molecule has 0 amide bonds. The summed E-state index contributed by atoms with van der Waals surface area (Å²) in [6, 6.07) is -0.563. The largest absolute Gasteiger partial charge is 0.480 e. The van der Waals surface area contributed by atoms with Crippen LogP contribution in [0.4, 0.5) is 0 Å². The second-order valence-electron chi connectivity index (χ2n) is 3.41. The Labute approximate surface area is 96.6 Å². The lowest BCUT2D eigenvalue weighted by Gasteiger charge is -2.09. The molecule has 1 aromatic rings. The maximum atomic E-state index is 10.6. The molecule has 0 aliphatic heterocycles. The number of carbonyl (C=O) groups is 1. The van der Waals surface area contributed by atoms with Gasteiger partial charge in [-0.1, -0.05) is 0 Å². The molecule has 0 fully saturated rings. The van der Waals surface area contributed by atoms with Crippen LogP contribution in [0.25, 0.3) is 0 Å². The van der Waals surface area contributed by atoms with Crippen LogP contribution >= 0.6 is 15.9 Å². The van der Waals surface area contributed by atoms with Crippen LogP contribution in [0, 0.1) is 6.92 Å². The van der Waals surface area contributed by atoms with Gasteiger partial charge in [0.2, 0.25) is 0 Å². The van der Waals surface area contributed by atoms with Gasteiger partial charge in [0, 0.05) is 13.6 Å². The van der Waals surface area contributed by atoms with Gasteiger partial charge < -0.3 is 5.11 Å². The van der Waals surface area contributed by atoms with Crippen molar-refractivity contribution < 1.29 is 9.90 Å². The van der Waals surface area contributed by atoms with Gasteiger partial charge in [0.15, 0.2) is 0 Å². The Morgan fingerprint density at radius 2 is 2.33 bits per heavy atom. The van der Waals surface area contributed by atoms with Crippen LogP contribution in [0.15, 0.2) is 4.47 Å². The lowest BCUT2D eigenvalue weighted by Crippen LogP contribution is -2.33. The molecule has 0 radical (unpaired) electrons. The average molecular weight is 276 g/mol. The van der Waals surface area contributed by atoms with Crippen molar-refractivity contribution >= 4 is 21.9 Å². The number of hydrogen-bond acceptors (Lipinski definition) is 3. The van der Waals surface area contributed by atoms with Crippen LogP contribution in [0.3, 0.4) is 0 Å². The molecule has 0 saturated carbocycles. The van der Waals surface area contributed by atoms with Gasteiger partial charge in [0.25, 0.3) is 0 Å². The summed E-state index contributed by atoms with van der Waals surface area (Å²) in [5, 5.41) is 15.8. The molecule has 1 aromatic heterocycles. The Balaban J connectivity index is 2.69. The molecule has 0 aliphatic carbocycles. The normalized spacial score (nSPS) is 12.8. The van der Waals surface area contributed by atoms with Crippen molar-refractivity contribution in [2.24, 2.45) is 7.05 Å². The first kappa shape index (κ1) is 12.2. The molecule has 0 spiro atoms. The van der Waals surface area contributed by atoms with Gasteiger partial charge in [-0.25, -0.2) is 0 Å². The van der Waals surface area contributed by atoms with Gasteiger partial charge >= 0.3 is 5.97 Å². The van der Waals surface area contributed by atoms with Crippen LogP contribution < -0.4 is 5.32 Å². The number of halogens is 1. The van der Waals surface area contributed by atoms with E-state index in [0.29, 0.717) is 6.54 Å². The van der Waals surface area contributed by atoms with E-state index in [2.05, 4.69) is 26.3 Å². The SMILES string of the molecule is Cc1nn(C)c(CN[C@H](C)C(=O)O)c1Br. The van der Waals surface area contributed by atoms with Crippen molar-refractivity contribution in [3.8, 4) is 0 Å². The molecule has 0 saturated heterocycles. The molecule has 0 bridgehead atoms. The minimum atomic E-state index is -0.856. The third-order valence-corrected chi connectivity index (χ3v) is 3.24. The van der Waals surface area contributed by atoms with Crippen molar-refractivity contribution in [3.63, 3.8) is 0 Å². The minimum absolute atomic E-state index is 0.478.